The molecule has 2 nitrogen and oxygen atoms in total. The number of halogens is 1. The summed E-state index contributed by atoms with van der Waals surface area (Å²) < 4.78 is 13.6. The number of benzene rings is 1. The molecule has 0 saturated heterocycles. The zero-order chi connectivity index (χ0) is 12.8. The first-order valence-electron chi connectivity index (χ1n) is 5.99. The smallest absolute Gasteiger partial charge is 0.147 e. The van der Waals surface area contributed by atoms with Crippen LogP contribution in [0.4, 0.5) is 10.1 Å². The maximum atomic E-state index is 13.6. The van der Waals surface area contributed by atoms with Crippen molar-refractivity contribution in [3.05, 3.63) is 29.6 Å². The second-order valence-corrected chi connectivity index (χ2v) is 4.82. The van der Waals surface area contributed by atoms with Gasteiger partial charge < -0.3 is 5.32 Å². The Kier molecular flexibility index (Phi) is 4.96. The number of anilines is 1. The molecule has 3 heteroatoms. The van der Waals surface area contributed by atoms with E-state index in [1.807, 2.05) is 13.0 Å². The van der Waals surface area contributed by atoms with Crippen LogP contribution in [0.25, 0.3) is 0 Å². The molecule has 1 aromatic rings. The highest BCUT2D eigenvalue weighted by Crippen LogP contribution is 2.18. The Balaban J connectivity index is 2.60. The molecule has 0 saturated carbocycles. The van der Waals surface area contributed by atoms with Crippen LogP contribution in [0.5, 0.6) is 0 Å². The molecular weight excluding hydrogens is 215 g/mol. The van der Waals surface area contributed by atoms with Crippen LogP contribution in [-0.2, 0) is 0 Å². The Morgan fingerprint density at radius 2 is 2.00 bits per heavy atom. The van der Waals surface area contributed by atoms with E-state index in [-0.39, 0.29) is 11.9 Å². The predicted octanol–water partition coefficient (Wildman–Crippen LogP) is 3.93. The number of nitrogens with one attached hydrogen (secondary N) is 1. The fourth-order valence-corrected chi connectivity index (χ4v) is 1.62. The Bertz CT molecular complexity index is 407. The number of nitriles is 1. The van der Waals surface area contributed by atoms with Crippen LogP contribution < -0.4 is 5.32 Å². The highest BCUT2D eigenvalue weighted by atomic mass is 19.1. The van der Waals surface area contributed by atoms with Gasteiger partial charge in [0.05, 0.1) is 17.3 Å². The number of rotatable bonds is 5. The van der Waals surface area contributed by atoms with Crippen molar-refractivity contribution >= 4 is 5.69 Å². The van der Waals surface area contributed by atoms with Gasteiger partial charge in [0.15, 0.2) is 0 Å². The zero-order valence-electron chi connectivity index (χ0n) is 10.6. The standard InChI is InChI=1S/C14H19FN2/c1-10(2)4-5-11(3)17-14-7-6-12(9-16)8-13(14)15/h6-8,10-11,17H,4-5H2,1-3H3. The Morgan fingerprint density at radius 3 is 2.53 bits per heavy atom. The number of hydrogen-bond donors (Lipinski definition) is 1. The fourth-order valence-electron chi connectivity index (χ4n) is 1.62. The summed E-state index contributed by atoms with van der Waals surface area (Å²) in [5.74, 6) is 0.297. The first-order valence-corrected chi connectivity index (χ1v) is 5.99. The van der Waals surface area contributed by atoms with Crippen molar-refractivity contribution in [3.8, 4) is 6.07 Å². The molecular formula is C14H19FN2. The van der Waals surface area contributed by atoms with Crippen molar-refractivity contribution in [3.63, 3.8) is 0 Å². The highest BCUT2D eigenvalue weighted by molar-refractivity contribution is 5.49. The summed E-state index contributed by atoms with van der Waals surface area (Å²) in [6.45, 7) is 6.39. The molecule has 1 aromatic carbocycles. The van der Waals surface area contributed by atoms with E-state index in [2.05, 4.69) is 19.2 Å². The van der Waals surface area contributed by atoms with E-state index in [0.29, 0.717) is 17.2 Å². The molecule has 17 heavy (non-hydrogen) atoms. The number of nitrogens with zero attached hydrogens (tertiary/aromatic N) is 1. The molecule has 0 aliphatic rings. The third-order valence-corrected chi connectivity index (χ3v) is 2.68. The third-order valence-electron chi connectivity index (χ3n) is 2.68. The molecule has 1 rings (SSSR count). The van der Waals surface area contributed by atoms with Crippen LogP contribution in [0.1, 0.15) is 39.2 Å². The van der Waals surface area contributed by atoms with Crippen molar-refractivity contribution in [1.29, 1.82) is 5.26 Å². The molecule has 0 radical (unpaired) electrons. The summed E-state index contributed by atoms with van der Waals surface area (Å²) in [4.78, 5) is 0. The van der Waals surface area contributed by atoms with Crippen LogP contribution in [-0.4, -0.2) is 6.04 Å². The molecule has 0 bridgehead atoms. The second kappa shape index (κ2) is 6.24. The van der Waals surface area contributed by atoms with Gasteiger partial charge in [-0.25, -0.2) is 4.39 Å². The van der Waals surface area contributed by atoms with E-state index < -0.39 is 0 Å². The molecule has 0 fully saturated rings. The largest absolute Gasteiger partial charge is 0.380 e. The van der Waals surface area contributed by atoms with Gasteiger partial charge in [0.1, 0.15) is 5.82 Å². The van der Waals surface area contributed by atoms with Crippen molar-refractivity contribution in [2.24, 2.45) is 5.92 Å². The van der Waals surface area contributed by atoms with Crippen molar-refractivity contribution < 1.29 is 4.39 Å². The van der Waals surface area contributed by atoms with Gasteiger partial charge in [0, 0.05) is 6.04 Å². The lowest BCUT2D eigenvalue weighted by molar-refractivity contribution is 0.525. The van der Waals surface area contributed by atoms with Gasteiger partial charge in [0.25, 0.3) is 0 Å². The van der Waals surface area contributed by atoms with Gasteiger partial charge in [-0.15, -0.1) is 0 Å². The monoisotopic (exact) mass is 234 g/mol. The van der Waals surface area contributed by atoms with Gasteiger partial charge in [-0.05, 0) is 43.9 Å². The summed E-state index contributed by atoms with van der Waals surface area (Å²) in [5.41, 5.74) is 0.822. The maximum Gasteiger partial charge on any atom is 0.147 e. The Morgan fingerprint density at radius 1 is 1.29 bits per heavy atom. The number of hydrogen-bond acceptors (Lipinski definition) is 2. The minimum absolute atomic E-state index is 0.236. The predicted molar refractivity (Wildman–Crippen MR) is 68.3 cm³/mol. The van der Waals surface area contributed by atoms with E-state index in [0.717, 1.165) is 12.8 Å². The van der Waals surface area contributed by atoms with E-state index in [1.165, 1.54) is 6.07 Å². The molecule has 0 aliphatic heterocycles. The average molecular weight is 234 g/mol. The normalized spacial score (nSPS) is 12.2. The minimum Gasteiger partial charge on any atom is -0.380 e. The van der Waals surface area contributed by atoms with Crippen molar-refractivity contribution in [1.82, 2.24) is 0 Å². The molecule has 0 heterocycles. The van der Waals surface area contributed by atoms with E-state index >= 15 is 0 Å². The third kappa shape index (κ3) is 4.44. The lowest BCUT2D eigenvalue weighted by atomic mass is 10.0. The first-order chi connectivity index (χ1) is 8.02. The summed E-state index contributed by atoms with van der Waals surface area (Å²) in [5, 5.41) is 11.8. The van der Waals surface area contributed by atoms with Crippen molar-refractivity contribution in [2.45, 2.75) is 39.7 Å². The molecule has 1 N–H and O–H groups in total. The lowest BCUT2D eigenvalue weighted by Gasteiger charge is -2.16. The van der Waals surface area contributed by atoms with E-state index in [9.17, 15) is 4.39 Å². The van der Waals surface area contributed by atoms with E-state index in [1.54, 1.807) is 12.1 Å². The Labute approximate surface area is 102 Å². The molecule has 0 aromatic heterocycles. The molecule has 1 unspecified atom stereocenters. The summed E-state index contributed by atoms with van der Waals surface area (Å²) in [7, 11) is 0. The zero-order valence-corrected chi connectivity index (χ0v) is 10.6. The Hall–Kier alpha value is -1.56. The maximum absolute atomic E-state index is 13.6. The van der Waals surface area contributed by atoms with Crippen LogP contribution in [0.15, 0.2) is 18.2 Å². The van der Waals surface area contributed by atoms with Gasteiger partial charge in [-0.3, -0.25) is 0 Å². The first kappa shape index (κ1) is 13.5. The summed E-state index contributed by atoms with van der Waals surface area (Å²) >= 11 is 0. The molecule has 0 spiro atoms. The highest BCUT2D eigenvalue weighted by Gasteiger charge is 2.08. The van der Waals surface area contributed by atoms with Crippen molar-refractivity contribution in [2.75, 3.05) is 5.32 Å². The quantitative estimate of drug-likeness (QED) is 0.837. The summed E-state index contributed by atoms with van der Waals surface area (Å²) in [6, 6.07) is 6.67. The fraction of sp³-hybridized carbons (Fsp3) is 0.500. The van der Waals surface area contributed by atoms with Crippen LogP contribution >= 0.6 is 0 Å². The SMILES string of the molecule is CC(C)CCC(C)Nc1ccc(C#N)cc1F. The van der Waals surface area contributed by atoms with Gasteiger partial charge in [-0.1, -0.05) is 13.8 Å². The second-order valence-electron chi connectivity index (χ2n) is 4.82. The molecule has 0 aliphatic carbocycles. The van der Waals surface area contributed by atoms with Crippen LogP contribution in [0.2, 0.25) is 0 Å². The van der Waals surface area contributed by atoms with E-state index in [4.69, 9.17) is 5.26 Å². The molecule has 1 atom stereocenters. The lowest BCUT2D eigenvalue weighted by Crippen LogP contribution is -2.16. The molecule has 0 amide bonds. The topological polar surface area (TPSA) is 35.8 Å². The molecule has 92 valence electrons. The van der Waals surface area contributed by atoms with Gasteiger partial charge >= 0.3 is 0 Å². The van der Waals surface area contributed by atoms with Gasteiger partial charge in [-0.2, -0.15) is 5.26 Å². The summed E-state index contributed by atoms with van der Waals surface area (Å²) in [6.07, 6.45) is 2.13. The van der Waals surface area contributed by atoms with Crippen LogP contribution in [0, 0.1) is 23.1 Å². The average Bonchev–Trinajstić information content (AvgIpc) is 2.29. The van der Waals surface area contributed by atoms with Gasteiger partial charge in [0.2, 0.25) is 0 Å². The minimum atomic E-state index is -0.361. The van der Waals surface area contributed by atoms with Crippen LogP contribution in [0.3, 0.4) is 0 Å².